The maximum Gasteiger partial charge on any atom is 0.407 e. The van der Waals surface area contributed by atoms with Crippen LogP contribution in [-0.2, 0) is 4.79 Å². The van der Waals surface area contributed by atoms with E-state index in [1.165, 1.54) is 4.90 Å². The number of allylic oxidation sites excluding steroid dienone is 1. The molecule has 1 amide bonds. The Balaban J connectivity index is 2.69. The number of carboxylic acid groups (broad SMARTS) is 2. The summed E-state index contributed by atoms with van der Waals surface area (Å²) in [5, 5.41) is 17.9. The van der Waals surface area contributed by atoms with Crippen molar-refractivity contribution in [3.05, 3.63) is 12.7 Å². The van der Waals surface area contributed by atoms with Gasteiger partial charge in [0.1, 0.15) is 0 Å². The molecule has 1 aliphatic heterocycles. The number of rotatable bonds is 3. The number of aliphatic carboxylic acids is 1. The Morgan fingerprint density at radius 2 is 1.87 bits per heavy atom. The Bertz CT molecular complexity index is 279. The van der Waals surface area contributed by atoms with Crippen LogP contribution in [0, 0.1) is 5.41 Å². The predicted octanol–water partition coefficient (Wildman–Crippen LogP) is 1.41. The summed E-state index contributed by atoms with van der Waals surface area (Å²) in [6.45, 7) is 4.12. The summed E-state index contributed by atoms with van der Waals surface area (Å²) in [6, 6.07) is 0. The zero-order valence-corrected chi connectivity index (χ0v) is 8.48. The molecule has 0 bridgehead atoms. The molecule has 0 aromatic heterocycles. The predicted molar refractivity (Wildman–Crippen MR) is 53.7 cm³/mol. The lowest BCUT2D eigenvalue weighted by molar-refractivity contribution is -0.151. The number of carbonyl (C=O) groups is 2. The fourth-order valence-corrected chi connectivity index (χ4v) is 1.91. The van der Waals surface area contributed by atoms with Crippen molar-refractivity contribution in [2.24, 2.45) is 5.41 Å². The van der Waals surface area contributed by atoms with Crippen LogP contribution in [0.4, 0.5) is 4.79 Å². The molecule has 0 saturated carbocycles. The Labute approximate surface area is 88.0 Å². The molecular weight excluding hydrogens is 198 g/mol. The van der Waals surface area contributed by atoms with Gasteiger partial charge in [0.2, 0.25) is 0 Å². The summed E-state index contributed by atoms with van der Waals surface area (Å²) in [5.74, 6) is -0.854. The van der Waals surface area contributed by atoms with Crippen molar-refractivity contribution in [2.75, 3.05) is 13.1 Å². The van der Waals surface area contributed by atoms with E-state index < -0.39 is 17.5 Å². The fraction of sp³-hybridized carbons (Fsp3) is 0.600. The number of piperidine rings is 1. The molecule has 0 aromatic carbocycles. The Hall–Kier alpha value is -1.52. The Kier molecular flexibility index (Phi) is 3.34. The summed E-state index contributed by atoms with van der Waals surface area (Å²) in [4.78, 5) is 23.0. The van der Waals surface area contributed by atoms with Gasteiger partial charge in [-0.3, -0.25) is 4.79 Å². The number of hydrogen-bond donors (Lipinski definition) is 2. The minimum atomic E-state index is -0.979. The van der Waals surface area contributed by atoms with Gasteiger partial charge in [0, 0.05) is 13.1 Å². The first kappa shape index (κ1) is 11.6. The first-order valence-corrected chi connectivity index (χ1v) is 4.84. The van der Waals surface area contributed by atoms with E-state index in [1.807, 2.05) is 0 Å². The van der Waals surface area contributed by atoms with Crippen LogP contribution in [0.1, 0.15) is 19.3 Å². The van der Waals surface area contributed by atoms with Gasteiger partial charge in [-0.15, -0.1) is 6.58 Å². The minimum absolute atomic E-state index is 0.287. The topological polar surface area (TPSA) is 77.8 Å². The molecular formula is C10H15NO4. The second-order valence-electron chi connectivity index (χ2n) is 3.85. The van der Waals surface area contributed by atoms with Crippen LogP contribution >= 0.6 is 0 Å². The van der Waals surface area contributed by atoms with Gasteiger partial charge < -0.3 is 15.1 Å². The van der Waals surface area contributed by atoms with Crippen molar-refractivity contribution >= 4 is 12.1 Å². The Morgan fingerprint density at radius 1 is 1.33 bits per heavy atom. The largest absolute Gasteiger partial charge is 0.481 e. The van der Waals surface area contributed by atoms with Crippen molar-refractivity contribution in [3.63, 3.8) is 0 Å². The molecule has 1 aliphatic rings. The molecule has 1 saturated heterocycles. The summed E-state index contributed by atoms with van der Waals surface area (Å²) in [7, 11) is 0. The monoisotopic (exact) mass is 213 g/mol. The first-order valence-electron chi connectivity index (χ1n) is 4.84. The average Bonchev–Trinajstić information content (AvgIpc) is 2.18. The zero-order valence-electron chi connectivity index (χ0n) is 8.48. The highest BCUT2D eigenvalue weighted by Crippen LogP contribution is 2.35. The number of carboxylic acids is 1. The fourth-order valence-electron chi connectivity index (χ4n) is 1.91. The van der Waals surface area contributed by atoms with Gasteiger partial charge in [0.15, 0.2) is 0 Å². The molecule has 2 N–H and O–H groups in total. The van der Waals surface area contributed by atoms with Crippen molar-refractivity contribution in [3.8, 4) is 0 Å². The summed E-state index contributed by atoms with van der Waals surface area (Å²) in [5.41, 5.74) is -0.812. The zero-order chi connectivity index (χ0) is 11.5. The maximum atomic E-state index is 11.1. The molecule has 15 heavy (non-hydrogen) atoms. The highest BCUT2D eigenvalue weighted by Gasteiger charge is 2.41. The standard InChI is InChI=1S/C10H15NO4/c1-2-3-10(8(12)13)4-6-11(7-5-10)9(14)15/h2H,1,3-7H2,(H,12,13)(H,14,15). The second-order valence-corrected chi connectivity index (χ2v) is 3.85. The summed E-state index contributed by atoms with van der Waals surface area (Å²) >= 11 is 0. The van der Waals surface area contributed by atoms with Crippen LogP contribution in [0.3, 0.4) is 0 Å². The number of nitrogens with zero attached hydrogens (tertiary/aromatic N) is 1. The third-order valence-electron chi connectivity index (χ3n) is 2.98. The molecule has 0 radical (unpaired) electrons. The van der Waals surface area contributed by atoms with Crippen molar-refractivity contribution in [1.29, 1.82) is 0 Å². The third kappa shape index (κ3) is 2.29. The van der Waals surface area contributed by atoms with Gasteiger partial charge in [0.05, 0.1) is 5.41 Å². The van der Waals surface area contributed by atoms with E-state index in [2.05, 4.69) is 6.58 Å². The van der Waals surface area contributed by atoms with E-state index in [0.717, 1.165) is 0 Å². The smallest absolute Gasteiger partial charge is 0.407 e. The van der Waals surface area contributed by atoms with E-state index in [1.54, 1.807) is 6.08 Å². The summed E-state index contributed by atoms with van der Waals surface area (Å²) < 4.78 is 0. The van der Waals surface area contributed by atoms with Crippen LogP contribution in [0.2, 0.25) is 0 Å². The van der Waals surface area contributed by atoms with Crippen molar-refractivity contribution in [1.82, 2.24) is 4.90 Å². The van der Waals surface area contributed by atoms with Crippen LogP contribution < -0.4 is 0 Å². The highest BCUT2D eigenvalue weighted by atomic mass is 16.4. The van der Waals surface area contributed by atoms with Gasteiger partial charge in [-0.05, 0) is 19.3 Å². The van der Waals surface area contributed by atoms with E-state index in [4.69, 9.17) is 10.2 Å². The van der Waals surface area contributed by atoms with Crippen molar-refractivity contribution < 1.29 is 19.8 Å². The molecule has 0 aliphatic carbocycles. The molecule has 5 nitrogen and oxygen atoms in total. The van der Waals surface area contributed by atoms with Gasteiger partial charge in [0.25, 0.3) is 0 Å². The normalized spacial score (nSPS) is 19.6. The molecule has 5 heteroatoms. The lowest BCUT2D eigenvalue weighted by Gasteiger charge is -2.37. The van der Waals surface area contributed by atoms with Crippen LogP contribution in [0.25, 0.3) is 0 Å². The Morgan fingerprint density at radius 3 is 2.20 bits per heavy atom. The second kappa shape index (κ2) is 4.33. The van der Waals surface area contributed by atoms with Gasteiger partial charge in [-0.25, -0.2) is 4.79 Å². The van der Waals surface area contributed by atoms with Gasteiger partial charge in [-0.1, -0.05) is 6.08 Å². The molecule has 0 spiro atoms. The summed E-state index contributed by atoms with van der Waals surface area (Å²) in [6.07, 6.45) is 1.73. The van der Waals surface area contributed by atoms with Crippen LogP contribution in [-0.4, -0.2) is 40.3 Å². The highest BCUT2D eigenvalue weighted by molar-refractivity contribution is 5.75. The van der Waals surface area contributed by atoms with E-state index in [9.17, 15) is 9.59 Å². The van der Waals surface area contributed by atoms with Gasteiger partial charge >= 0.3 is 12.1 Å². The maximum absolute atomic E-state index is 11.1. The van der Waals surface area contributed by atoms with Crippen molar-refractivity contribution in [2.45, 2.75) is 19.3 Å². The molecule has 0 aromatic rings. The number of amides is 1. The third-order valence-corrected chi connectivity index (χ3v) is 2.98. The SMILES string of the molecule is C=CCC1(C(=O)O)CCN(C(=O)O)CC1. The molecule has 0 unspecified atom stereocenters. The van der Waals surface area contributed by atoms with Gasteiger partial charge in [-0.2, -0.15) is 0 Å². The first-order chi connectivity index (χ1) is 7.02. The van der Waals surface area contributed by atoms with Crippen LogP contribution in [0.15, 0.2) is 12.7 Å². The molecule has 1 heterocycles. The molecule has 84 valence electrons. The van der Waals surface area contributed by atoms with E-state index >= 15 is 0 Å². The quantitative estimate of drug-likeness (QED) is 0.695. The number of hydrogen-bond acceptors (Lipinski definition) is 2. The van der Waals surface area contributed by atoms with Crippen LogP contribution in [0.5, 0.6) is 0 Å². The minimum Gasteiger partial charge on any atom is -0.481 e. The lowest BCUT2D eigenvalue weighted by Crippen LogP contribution is -2.45. The molecule has 0 atom stereocenters. The lowest BCUT2D eigenvalue weighted by atomic mass is 9.76. The average molecular weight is 213 g/mol. The van der Waals surface area contributed by atoms with E-state index in [-0.39, 0.29) is 13.1 Å². The molecule has 1 rings (SSSR count). The van der Waals surface area contributed by atoms with E-state index in [0.29, 0.717) is 19.3 Å². The number of likely N-dealkylation sites (tertiary alicyclic amines) is 1. The molecule has 1 fully saturated rings.